The number of hydrogen-bond acceptors (Lipinski definition) is 4. The van der Waals surface area contributed by atoms with Crippen LogP contribution in [0.15, 0.2) is 27.2 Å². The van der Waals surface area contributed by atoms with Gasteiger partial charge in [0, 0.05) is 16.0 Å². The number of aliphatic hydroxyl groups excluding tert-OH is 1. The van der Waals surface area contributed by atoms with Gasteiger partial charge in [0.1, 0.15) is 0 Å². The van der Waals surface area contributed by atoms with E-state index in [1.54, 1.807) is 0 Å². The first-order valence-corrected chi connectivity index (χ1v) is 7.71. The van der Waals surface area contributed by atoms with Gasteiger partial charge in [0.2, 0.25) is 11.7 Å². The standard InChI is InChI=1S/C15H17BrN2O2/c1-9-8-11(16)4-7-13(9)14-17-15(20-18-14)10-2-5-12(19)6-3-10/h4,7-8,10,12,19H,2-3,5-6H2,1H3. The fraction of sp³-hybridized carbons (Fsp3) is 0.467. The summed E-state index contributed by atoms with van der Waals surface area (Å²) in [4.78, 5) is 4.54. The van der Waals surface area contributed by atoms with Crippen LogP contribution in [0.1, 0.15) is 43.1 Å². The lowest BCUT2D eigenvalue weighted by Crippen LogP contribution is -2.17. The number of hydrogen-bond donors (Lipinski definition) is 1. The largest absolute Gasteiger partial charge is 0.393 e. The molecular formula is C15H17BrN2O2. The van der Waals surface area contributed by atoms with E-state index in [0.717, 1.165) is 41.3 Å². The van der Waals surface area contributed by atoms with Crippen LogP contribution in [0.2, 0.25) is 0 Å². The van der Waals surface area contributed by atoms with Crippen LogP contribution in [0, 0.1) is 6.92 Å². The smallest absolute Gasteiger partial charge is 0.230 e. The summed E-state index contributed by atoms with van der Waals surface area (Å²) in [6, 6.07) is 6.02. The summed E-state index contributed by atoms with van der Waals surface area (Å²) >= 11 is 3.45. The Morgan fingerprint density at radius 2 is 2.00 bits per heavy atom. The van der Waals surface area contributed by atoms with E-state index in [2.05, 4.69) is 26.1 Å². The second-order valence-corrected chi connectivity index (χ2v) is 6.34. The second kappa shape index (κ2) is 5.66. The molecule has 1 aromatic carbocycles. The summed E-state index contributed by atoms with van der Waals surface area (Å²) in [5.41, 5.74) is 2.12. The molecule has 1 aliphatic rings. The van der Waals surface area contributed by atoms with Crippen molar-refractivity contribution in [2.24, 2.45) is 0 Å². The van der Waals surface area contributed by atoms with Gasteiger partial charge in [-0.2, -0.15) is 4.98 Å². The average Bonchev–Trinajstić information content (AvgIpc) is 2.89. The molecule has 1 aromatic heterocycles. The van der Waals surface area contributed by atoms with Crippen LogP contribution in [0.5, 0.6) is 0 Å². The molecule has 20 heavy (non-hydrogen) atoms. The Bertz CT molecular complexity index is 604. The summed E-state index contributed by atoms with van der Waals surface area (Å²) in [5, 5.41) is 13.7. The van der Waals surface area contributed by atoms with Crippen molar-refractivity contribution in [3.63, 3.8) is 0 Å². The lowest BCUT2D eigenvalue weighted by atomic mass is 9.87. The molecule has 1 saturated carbocycles. The van der Waals surface area contributed by atoms with Crippen LogP contribution < -0.4 is 0 Å². The van der Waals surface area contributed by atoms with Gasteiger partial charge < -0.3 is 9.63 Å². The third-order valence-electron chi connectivity index (χ3n) is 3.92. The Kier molecular flexibility index (Phi) is 3.89. The molecule has 1 N–H and O–H groups in total. The van der Waals surface area contributed by atoms with E-state index >= 15 is 0 Å². The minimum atomic E-state index is -0.164. The van der Waals surface area contributed by atoms with Crippen molar-refractivity contribution >= 4 is 15.9 Å². The molecule has 0 spiro atoms. The highest BCUT2D eigenvalue weighted by Crippen LogP contribution is 2.33. The van der Waals surface area contributed by atoms with E-state index in [0.29, 0.717) is 11.7 Å². The average molecular weight is 337 g/mol. The monoisotopic (exact) mass is 336 g/mol. The molecule has 4 nitrogen and oxygen atoms in total. The Hall–Kier alpha value is -1.20. The third kappa shape index (κ3) is 2.79. The lowest BCUT2D eigenvalue weighted by molar-refractivity contribution is 0.116. The molecule has 1 aliphatic carbocycles. The fourth-order valence-corrected chi connectivity index (χ4v) is 3.19. The molecule has 106 valence electrons. The molecule has 0 atom stereocenters. The Morgan fingerprint density at radius 3 is 2.70 bits per heavy atom. The highest BCUT2D eigenvalue weighted by atomic mass is 79.9. The predicted molar refractivity (Wildman–Crippen MR) is 79.4 cm³/mol. The van der Waals surface area contributed by atoms with Crippen LogP contribution in [-0.2, 0) is 0 Å². The van der Waals surface area contributed by atoms with Gasteiger partial charge in [-0.05, 0) is 56.4 Å². The van der Waals surface area contributed by atoms with E-state index < -0.39 is 0 Å². The minimum Gasteiger partial charge on any atom is -0.393 e. The number of rotatable bonds is 2. The Balaban J connectivity index is 1.83. The van der Waals surface area contributed by atoms with Crippen LogP contribution in [0.25, 0.3) is 11.4 Å². The quantitative estimate of drug-likeness (QED) is 0.905. The summed E-state index contributed by atoms with van der Waals surface area (Å²) < 4.78 is 6.47. The van der Waals surface area contributed by atoms with Gasteiger partial charge in [-0.3, -0.25) is 0 Å². The Labute approximate surface area is 126 Å². The molecule has 0 saturated heterocycles. The molecule has 0 bridgehead atoms. The zero-order valence-corrected chi connectivity index (χ0v) is 12.9. The van der Waals surface area contributed by atoms with Crippen LogP contribution in [0.4, 0.5) is 0 Å². The zero-order valence-electron chi connectivity index (χ0n) is 11.3. The number of aromatic nitrogens is 2. The molecule has 5 heteroatoms. The molecule has 0 amide bonds. The first-order valence-electron chi connectivity index (χ1n) is 6.91. The molecule has 1 fully saturated rings. The van der Waals surface area contributed by atoms with Crippen molar-refractivity contribution in [1.29, 1.82) is 0 Å². The topological polar surface area (TPSA) is 59.2 Å². The number of aliphatic hydroxyl groups is 1. The maximum Gasteiger partial charge on any atom is 0.230 e. The number of benzene rings is 1. The Morgan fingerprint density at radius 1 is 1.25 bits per heavy atom. The van der Waals surface area contributed by atoms with Crippen LogP contribution >= 0.6 is 15.9 Å². The summed E-state index contributed by atoms with van der Waals surface area (Å²) in [7, 11) is 0. The first-order chi connectivity index (χ1) is 9.63. The highest BCUT2D eigenvalue weighted by Gasteiger charge is 2.25. The van der Waals surface area contributed by atoms with Gasteiger partial charge in [-0.25, -0.2) is 0 Å². The van der Waals surface area contributed by atoms with Crippen LogP contribution in [0.3, 0.4) is 0 Å². The van der Waals surface area contributed by atoms with Crippen LogP contribution in [-0.4, -0.2) is 21.4 Å². The van der Waals surface area contributed by atoms with E-state index in [1.807, 2.05) is 25.1 Å². The fourth-order valence-electron chi connectivity index (χ4n) is 2.71. The molecule has 0 aliphatic heterocycles. The van der Waals surface area contributed by atoms with Crippen molar-refractivity contribution in [3.05, 3.63) is 34.1 Å². The third-order valence-corrected chi connectivity index (χ3v) is 4.41. The summed E-state index contributed by atoms with van der Waals surface area (Å²) in [5.74, 6) is 1.64. The molecule has 2 aromatic rings. The van der Waals surface area contributed by atoms with Gasteiger partial charge in [-0.15, -0.1) is 0 Å². The number of aryl methyl sites for hydroxylation is 1. The van der Waals surface area contributed by atoms with E-state index in [1.165, 1.54) is 0 Å². The van der Waals surface area contributed by atoms with Crippen molar-refractivity contribution in [2.45, 2.75) is 44.6 Å². The summed E-state index contributed by atoms with van der Waals surface area (Å²) in [6.45, 7) is 2.03. The van der Waals surface area contributed by atoms with Gasteiger partial charge in [0.25, 0.3) is 0 Å². The zero-order chi connectivity index (χ0) is 14.1. The van der Waals surface area contributed by atoms with E-state index in [4.69, 9.17) is 4.52 Å². The van der Waals surface area contributed by atoms with Crippen molar-refractivity contribution in [1.82, 2.24) is 10.1 Å². The molecular weight excluding hydrogens is 320 g/mol. The molecule has 0 radical (unpaired) electrons. The number of nitrogens with zero attached hydrogens (tertiary/aromatic N) is 2. The van der Waals surface area contributed by atoms with E-state index in [9.17, 15) is 5.11 Å². The molecule has 1 heterocycles. The highest BCUT2D eigenvalue weighted by molar-refractivity contribution is 9.10. The summed E-state index contributed by atoms with van der Waals surface area (Å²) in [6.07, 6.45) is 3.31. The van der Waals surface area contributed by atoms with Crippen molar-refractivity contribution < 1.29 is 9.63 Å². The second-order valence-electron chi connectivity index (χ2n) is 5.42. The molecule has 3 rings (SSSR count). The predicted octanol–water partition coefficient (Wildman–Crippen LogP) is 3.83. The number of halogens is 1. The maximum atomic E-state index is 9.55. The van der Waals surface area contributed by atoms with Gasteiger partial charge >= 0.3 is 0 Å². The van der Waals surface area contributed by atoms with E-state index in [-0.39, 0.29) is 12.0 Å². The minimum absolute atomic E-state index is 0.164. The van der Waals surface area contributed by atoms with Gasteiger partial charge in [0.15, 0.2) is 0 Å². The SMILES string of the molecule is Cc1cc(Br)ccc1-c1noc(C2CCC(O)CC2)n1. The van der Waals surface area contributed by atoms with Crippen molar-refractivity contribution in [2.75, 3.05) is 0 Å². The van der Waals surface area contributed by atoms with Gasteiger partial charge in [-0.1, -0.05) is 21.1 Å². The normalized spacial score (nSPS) is 22.9. The maximum absolute atomic E-state index is 9.55. The molecule has 0 unspecified atom stereocenters. The van der Waals surface area contributed by atoms with Crippen molar-refractivity contribution in [3.8, 4) is 11.4 Å². The lowest BCUT2D eigenvalue weighted by Gasteiger charge is -2.22. The first kappa shape index (κ1) is 13.8. The van der Waals surface area contributed by atoms with Gasteiger partial charge in [0.05, 0.1) is 6.10 Å².